The van der Waals surface area contributed by atoms with Gasteiger partial charge in [-0.3, -0.25) is 0 Å². The van der Waals surface area contributed by atoms with E-state index >= 15 is 0 Å². The van der Waals surface area contributed by atoms with E-state index in [0.717, 1.165) is 31.2 Å². The van der Waals surface area contributed by atoms with Crippen LogP contribution in [-0.2, 0) is 0 Å². The summed E-state index contributed by atoms with van der Waals surface area (Å²) in [5, 5.41) is 3.64. The van der Waals surface area contributed by atoms with Crippen LogP contribution in [-0.4, -0.2) is 19.2 Å². The predicted octanol–water partition coefficient (Wildman–Crippen LogP) is 4.26. The Labute approximate surface area is 118 Å². The molecular formula is C17H29NO. The van der Waals surface area contributed by atoms with Gasteiger partial charge in [0.05, 0.1) is 6.61 Å². The van der Waals surface area contributed by atoms with Gasteiger partial charge in [0.15, 0.2) is 0 Å². The molecule has 0 spiro atoms. The molecule has 0 aromatic heterocycles. The third-order valence-corrected chi connectivity index (χ3v) is 3.60. The van der Waals surface area contributed by atoms with Crippen molar-refractivity contribution in [1.82, 2.24) is 5.32 Å². The van der Waals surface area contributed by atoms with Gasteiger partial charge in [-0.25, -0.2) is 0 Å². The number of para-hydroxylation sites is 1. The van der Waals surface area contributed by atoms with Crippen molar-refractivity contribution in [1.29, 1.82) is 0 Å². The van der Waals surface area contributed by atoms with Crippen LogP contribution < -0.4 is 10.1 Å². The molecule has 0 aliphatic heterocycles. The van der Waals surface area contributed by atoms with Crippen molar-refractivity contribution in [3.8, 4) is 5.75 Å². The summed E-state index contributed by atoms with van der Waals surface area (Å²) in [6, 6.07) is 10.7. The third kappa shape index (κ3) is 6.63. The normalized spacial score (nSPS) is 14.1. The van der Waals surface area contributed by atoms with E-state index in [0.29, 0.717) is 6.04 Å². The molecule has 1 N–H and O–H groups in total. The first-order valence-corrected chi connectivity index (χ1v) is 7.69. The van der Waals surface area contributed by atoms with E-state index in [2.05, 4.69) is 26.1 Å². The highest BCUT2D eigenvalue weighted by atomic mass is 16.5. The molecule has 19 heavy (non-hydrogen) atoms. The molecule has 108 valence electrons. The van der Waals surface area contributed by atoms with Gasteiger partial charge in [-0.05, 0) is 50.3 Å². The maximum absolute atomic E-state index is 5.73. The molecule has 0 radical (unpaired) electrons. The first-order chi connectivity index (χ1) is 9.27. The Hall–Kier alpha value is -1.02. The van der Waals surface area contributed by atoms with Crippen molar-refractivity contribution >= 4 is 0 Å². The van der Waals surface area contributed by atoms with Crippen molar-refractivity contribution in [3.63, 3.8) is 0 Å². The average Bonchev–Trinajstić information content (AvgIpc) is 2.45. The van der Waals surface area contributed by atoms with Gasteiger partial charge in [0.2, 0.25) is 0 Å². The van der Waals surface area contributed by atoms with Gasteiger partial charge in [0, 0.05) is 6.04 Å². The number of hydrogen-bond donors (Lipinski definition) is 1. The molecule has 0 aliphatic rings. The Morgan fingerprint density at radius 2 is 1.89 bits per heavy atom. The van der Waals surface area contributed by atoms with Crippen LogP contribution in [0.3, 0.4) is 0 Å². The first kappa shape index (κ1) is 16.0. The molecule has 0 amide bonds. The van der Waals surface area contributed by atoms with Gasteiger partial charge in [-0.2, -0.15) is 0 Å². The molecule has 1 aromatic carbocycles. The van der Waals surface area contributed by atoms with E-state index in [-0.39, 0.29) is 0 Å². The van der Waals surface area contributed by atoms with Gasteiger partial charge < -0.3 is 10.1 Å². The number of benzene rings is 1. The van der Waals surface area contributed by atoms with E-state index in [1.807, 2.05) is 30.3 Å². The fourth-order valence-corrected chi connectivity index (χ4v) is 2.39. The zero-order chi connectivity index (χ0) is 13.9. The van der Waals surface area contributed by atoms with Crippen LogP contribution in [0.1, 0.15) is 46.5 Å². The summed E-state index contributed by atoms with van der Waals surface area (Å²) >= 11 is 0. The monoisotopic (exact) mass is 263 g/mol. The summed E-state index contributed by atoms with van der Waals surface area (Å²) in [6.07, 6.45) is 4.77. The van der Waals surface area contributed by atoms with Crippen LogP contribution in [0.2, 0.25) is 0 Å². The van der Waals surface area contributed by atoms with E-state index < -0.39 is 0 Å². The summed E-state index contributed by atoms with van der Waals surface area (Å²) in [5.74, 6) is 1.70. The maximum Gasteiger partial charge on any atom is 0.119 e. The number of ether oxygens (including phenoxy) is 1. The van der Waals surface area contributed by atoms with Crippen LogP contribution in [0.4, 0.5) is 0 Å². The van der Waals surface area contributed by atoms with Crippen LogP contribution in [0.25, 0.3) is 0 Å². The summed E-state index contributed by atoms with van der Waals surface area (Å²) in [5.41, 5.74) is 0. The Bertz CT molecular complexity index is 312. The first-order valence-electron chi connectivity index (χ1n) is 7.69. The number of nitrogens with one attached hydrogen (secondary N) is 1. The molecule has 1 aromatic rings. The second-order valence-electron chi connectivity index (χ2n) is 5.25. The minimum absolute atomic E-state index is 0.650. The number of hydrogen-bond acceptors (Lipinski definition) is 2. The minimum Gasteiger partial charge on any atom is -0.494 e. The molecule has 0 heterocycles. The topological polar surface area (TPSA) is 21.3 Å². The average molecular weight is 263 g/mol. The SMILES string of the molecule is CCCNC(CC)C(C)CCCOc1ccccc1. The maximum atomic E-state index is 5.73. The molecule has 0 fully saturated rings. The lowest BCUT2D eigenvalue weighted by Crippen LogP contribution is -2.35. The van der Waals surface area contributed by atoms with Gasteiger partial charge in [0.25, 0.3) is 0 Å². The lowest BCUT2D eigenvalue weighted by Gasteiger charge is -2.24. The molecule has 0 saturated carbocycles. The lowest BCUT2D eigenvalue weighted by molar-refractivity contribution is 0.274. The third-order valence-electron chi connectivity index (χ3n) is 3.60. The second kappa shape index (κ2) is 9.85. The van der Waals surface area contributed by atoms with Gasteiger partial charge in [0.1, 0.15) is 5.75 Å². The van der Waals surface area contributed by atoms with E-state index in [1.165, 1.54) is 19.3 Å². The molecular weight excluding hydrogens is 234 g/mol. The van der Waals surface area contributed by atoms with Crippen LogP contribution in [0.15, 0.2) is 30.3 Å². The van der Waals surface area contributed by atoms with E-state index in [4.69, 9.17) is 4.74 Å². The minimum atomic E-state index is 0.650. The number of rotatable bonds is 10. The van der Waals surface area contributed by atoms with Crippen molar-refractivity contribution in [3.05, 3.63) is 30.3 Å². The van der Waals surface area contributed by atoms with Crippen molar-refractivity contribution in [2.24, 2.45) is 5.92 Å². The molecule has 2 nitrogen and oxygen atoms in total. The van der Waals surface area contributed by atoms with Crippen LogP contribution in [0.5, 0.6) is 5.75 Å². The largest absolute Gasteiger partial charge is 0.494 e. The lowest BCUT2D eigenvalue weighted by atomic mass is 9.94. The smallest absolute Gasteiger partial charge is 0.119 e. The van der Waals surface area contributed by atoms with Crippen molar-refractivity contribution < 1.29 is 4.74 Å². The Kier molecular flexibility index (Phi) is 8.31. The zero-order valence-electron chi connectivity index (χ0n) is 12.7. The molecule has 0 saturated heterocycles. The Morgan fingerprint density at radius 3 is 2.53 bits per heavy atom. The Morgan fingerprint density at radius 1 is 1.16 bits per heavy atom. The summed E-state index contributed by atoms with van der Waals surface area (Å²) in [7, 11) is 0. The molecule has 1 rings (SSSR count). The van der Waals surface area contributed by atoms with Crippen LogP contribution in [0, 0.1) is 5.92 Å². The fourth-order valence-electron chi connectivity index (χ4n) is 2.39. The van der Waals surface area contributed by atoms with Gasteiger partial charge in [-0.15, -0.1) is 0 Å². The second-order valence-corrected chi connectivity index (χ2v) is 5.25. The van der Waals surface area contributed by atoms with Crippen molar-refractivity contribution in [2.75, 3.05) is 13.2 Å². The van der Waals surface area contributed by atoms with Gasteiger partial charge >= 0.3 is 0 Å². The molecule has 2 unspecified atom stereocenters. The summed E-state index contributed by atoms with van der Waals surface area (Å²) < 4.78 is 5.73. The quantitative estimate of drug-likeness (QED) is 0.637. The van der Waals surface area contributed by atoms with E-state index in [9.17, 15) is 0 Å². The molecule has 0 bridgehead atoms. The molecule has 2 heteroatoms. The summed E-state index contributed by atoms with van der Waals surface area (Å²) in [6.45, 7) is 8.78. The Balaban J connectivity index is 2.17. The fraction of sp³-hybridized carbons (Fsp3) is 0.647. The highest BCUT2D eigenvalue weighted by Gasteiger charge is 2.13. The zero-order valence-corrected chi connectivity index (χ0v) is 12.7. The highest BCUT2D eigenvalue weighted by Crippen LogP contribution is 2.15. The highest BCUT2D eigenvalue weighted by molar-refractivity contribution is 5.20. The predicted molar refractivity (Wildman–Crippen MR) is 82.7 cm³/mol. The van der Waals surface area contributed by atoms with Crippen molar-refractivity contribution in [2.45, 2.75) is 52.5 Å². The van der Waals surface area contributed by atoms with E-state index in [1.54, 1.807) is 0 Å². The molecule has 0 aliphatic carbocycles. The van der Waals surface area contributed by atoms with Gasteiger partial charge in [-0.1, -0.05) is 39.0 Å². The standard InChI is InChI=1S/C17H29NO/c1-4-13-18-17(5-2)15(3)10-9-14-19-16-11-7-6-8-12-16/h6-8,11-12,15,17-18H,4-5,9-10,13-14H2,1-3H3. The molecule has 2 atom stereocenters. The van der Waals surface area contributed by atoms with Crippen LogP contribution >= 0.6 is 0 Å². The summed E-state index contributed by atoms with van der Waals surface area (Å²) in [4.78, 5) is 0.